The van der Waals surface area contributed by atoms with Crippen LogP contribution in [0.1, 0.15) is 111 Å². The molecule has 0 spiro atoms. The van der Waals surface area contributed by atoms with Gasteiger partial charge < -0.3 is 59.3 Å². The summed E-state index contributed by atoms with van der Waals surface area (Å²) in [6.07, 6.45) is 5.15. The van der Waals surface area contributed by atoms with Crippen LogP contribution in [0.5, 0.6) is 40.2 Å². The van der Waals surface area contributed by atoms with E-state index in [2.05, 4.69) is 17.2 Å². The third kappa shape index (κ3) is 9.28. The smallest absolute Gasteiger partial charge is 0.149 e. The highest BCUT2D eigenvalue weighted by molar-refractivity contribution is 5.96. The van der Waals surface area contributed by atoms with Crippen LogP contribution >= 0.6 is 0 Å². The number of aryl methyl sites for hydroxylation is 1. The summed E-state index contributed by atoms with van der Waals surface area (Å²) < 4.78 is 40.6. The number of aliphatic hydroxyl groups is 2. The highest BCUT2D eigenvalue weighted by atomic mass is 16.5. The molecule has 2 fully saturated rings. The van der Waals surface area contributed by atoms with Gasteiger partial charge in [0.15, 0.2) is 0 Å². The number of aromatic hydroxyl groups is 3. The molecule has 0 saturated heterocycles. The molecule has 5 aromatic rings. The van der Waals surface area contributed by atoms with Crippen molar-refractivity contribution in [3.63, 3.8) is 0 Å². The van der Waals surface area contributed by atoms with Crippen molar-refractivity contribution >= 4 is 10.8 Å². The van der Waals surface area contributed by atoms with Gasteiger partial charge in [0, 0.05) is 72.3 Å². The quantitative estimate of drug-likeness (QED) is 0.0519. The van der Waals surface area contributed by atoms with Gasteiger partial charge in [0.2, 0.25) is 0 Å². The molecular formula is C57H65NO11. The molecule has 0 amide bonds. The summed E-state index contributed by atoms with van der Waals surface area (Å²) in [5.41, 5.74) is 4.91. The summed E-state index contributed by atoms with van der Waals surface area (Å²) >= 11 is 0. The molecule has 10 rings (SSSR count). The predicted octanol–water partition coefficient (Wildman–Crippen LogP) is 9.36. The van der Waals surface area contributed by atoms with E-state index in [1.807, 2.05) is 62.5 Å². The van der Waals surface area contributed by atoms with Crippen LogP contribution in [0.4, 0.5) is 0 Å². The first-order valence-electron chi connectivity index (χ1n) is 24.9. The van der Waals surface area contributed by atoms with Crippen molar-refractivity contribution in [2.75, 3.05) is 34.0 Å². The van der Waals surface area contributed by atoms with Gasteiger partial charge in [0.05, 0.1) is 42.7 Å². The Kier molecular flexibility index (Phi) is 13.6. The van der Waals surface area contributed by atoms with Gasteiger partial charge in [-0.3, -0.25) is 0 Å². The molecule has 8 atom stereocenters. The number of phenolic OH excluding ortho intramolecular Hbond substituents is 3. The summed E-state index contributed by atoms with van der Waals surface area (Å²) in [6.45, 7) is 2.76. The van der Waals surface area contributed by atoms with E-state index in [1.165, 1.54) is 0 Å². The van der Waals surface area contributed by atoms with E-state index in [0.717, 1.165) is 64.5 Å². The molecule has 3 aliphatic heterocycles. The zero-order valence-electron chi connectivity index (χ0n) is 39.8. The highest BCUT2D eigenvalue weighted by Gasteiger charge is 2.52. The molecule has 2 saturated carbocycles. The lowest BCUT2D eigenvalue weighted by Gasteiger charge is -2.51. The number of methoxy groups -OCH3 is 1. The Morgan fingerprint density at radius 1 is 0.841 bits per heavy atom. The topological polar surface area (TPSA) is 169 Å². The zero-order valence-corrected chi connectivity index (χ0v) is 39.8. The monoisotopic (exact) mass is 939 g/mol. The molecule has 0 unspecified atom stereocenters. The van der Waals surface area contributed by atoms with E-state index in [9.17, 15) is 25.5 Å². The number of ether oxygens (including phenoxy) is 6. The fraction of sp³-hybridized carbons (Fsp3) is 0.474. The molecule has 0 aromatic heterocycles. The van der Waals surface area contributed by atoms with Crippen molar-refractivity contribution in [1.82, 2.24) is 5.32 Å². The Hall–Kier alpha value is -5.68. The highest BCUT2D eigenvalue weighted by Crippen LogP contribution is 2.56. The molecule has 5 aliphatic rings. The van der Waals surface area contributed by atoms with Crippen molar-refractivity contribution in [3.8, 4) is 63.2 Å². The SMILES string of the molecule is CCc1cc(-c2cccc(O)c2)c(Cc2cc(OC3CCCC3)cc3c2OC[C@H]([C@@H]2[C@H](CCCOC)Oc4c5cc(c6cc(O)ccc46)OCC#CC[C@@]4(NC)CC[C@@H](O)C[C@@H]4O[C@@H]52)[C@@H]3O)cc1O. The molecule has 2 bridgehead atoms. The molecule has 2 aliphatic carbocycles. The number of likely N-dealkylation sites (N-methyl/N-ethyl adjacent to an activating group) is 1. The third-order valence-electron chi connectivity index (χ3n) is 15.6. The number of hydrogen-bond donors (Lipinski definition) is 6. The molecule has 3 heterocycles. The van der Waals surface area contributed by atoms with Crippen molar-refractivity contribution in [2.24, 2.45) is 11.8 Å². The zero-order chi connectivity index (χ0) is 47.8. The molecule has 69 heavy (non-hydrogen) atoms. The fourth-order valence-corrected chi connectivity index (χ4v) is 11.9. The average molecular weight is 940 g/mol. The second-order valence-corrected chi connectivity index (χ2v) is 19.8. The van der Waals surface area contributed by atoms with E-state index < -0.39 is 47.9 Å². The first-order valence-corrected chi connectivity index (χ1v) is 24.9. The van der Waals surface area contributed by atoms with Crippen LogP contribution in [0.3, 0.4) is 0 Å². The Bertz CT molecular complexity index is 2740. The normalized spacial score (nSPS) is 26.5. The minimum absolute atomic E-state index is 0.0400. The molecule has 6 N–H and O–H groups in total. The first kappa shape index (κ1) is 47.0. The van der Waals surface area contributed by atoms with Crippen molar-refractivity contribution in [1.29, 1.82) is 0 Å². The number of aliphatic hydroxyl groups excluding tert-OH is 2. The van der Waals surface area contributed by atoms with Crippen LogP contribution in [0.25, 0.3) is 21.9 Å². The minimum Gasteiger partial charge on any atom is -0.508 e. The summed E-state index contributed by atoms with van der Waals surface area (Å²) in [7, 11) is 3.62. The van der Waals surface area contributed by atoms with E-state index in [1.54, 1.807) is 31.4 Å². The third-order valence-corrected chi connectivity index (χ3v) is 15.6. The van der Waals surface area contributed by atoms with Gasteiger partial charge in [0.1, 0.15) is 53.0 Å². The Labute approximate surface area is 404 Å². The van der Waals surface area contributed by atoms with Crippen molar-refractivity contribution in [2.45, 2.75) is 126 Å². The Morgan fingerprint density at radius 2 is 1.68 bits per heavy atom. The number of rotatable bonds is 12. The maximum absolute atomic E-state index is 13.2. The summed E-state index contributed by atoms with van der Waals surface area (Å²) in [5.74, 6) is 8.32. The second-order valence-electron chi connectivity index (χ2n) is 19.8. The van der Waals surface area contributed by atoms with Gasteiger partial charge in [-0.05, 0) is 148 Å². The Balaban J connectivity index is 1.12. The summed E-state index contributed by atoms with van der Waals surface area (Å²) in [6, 6.07) is 22.0. The second kappa shape index (κ2) is 20.0. The Morgan fingerprint density at radius 3 is 2.48 bits per heavy atom. The van der Waals surface area contributed by atoms with Crippen LogP contribution in [0.15, 0.2) is 72.8 Å². The van der Waals surface area contributed by atoms with Crippen molar-refractivity contribution < 1.29 is 54.0 Å². The van der Waals surface area contributed by atoms with Gasteiger partial charge in [-0.15, -0.1) is 0 Å². The van der Waals surface area contributed by atoms with Crippen LogP contribution < -0.4 is 24.3 Å². The van der Waals surface area contributed by atoms with Gasteiger partial charge in [-0.2, -0.15) is 0 Å². The minimum atomic E-state index is -1.06. The van der Waals surface area contributed by atoms with Crippen LogP contribution in [-0.2, 0) is 22.3 Å². The van der Waals surface area contributed by atoms with Gasteiger partial charge >= 0.3 is 0 Å². The average Bonchev–Trinajstić information content (AvgIpc) is 3.85. The van der Waals surface area contributed by atoms with E-state index in [-0.39, 0.29) is 36.6 Å². The molecule has 12 heteroatoms. The summed E-state index contributed by atoms with van der Waals surface area (Å²) in [4.78, 5) is 0. The van der Waals surface area contributed by atoms with Crippen LogP contribution in [-0.4, -0.2) is 89.5 Å². The molecule has 5 aromatic carbocycles. The van der Waals surface area contributed by atoms with Crippen LogP contribution in [0, 0.1) is 23.7 Å². The largest absolute Gasteiger partial charge is 0.508 e. The number of phenols is 3. The van der Waals surface area contributed by atoms with Gasteiger partial charge in [-0.25, -0.2) is 0 Å². The van der Waals surface area contributed by atoms with Gasteiger partial charge in [0.25, 0.3) is 0 Å². The standard InChI is InChI=1S/C57H65NO11/c1-4-33-26-43(34-11-9-12-37(59)24-34)35(27-48(33)62)23-36-25-41(67-40-13-5-6-14-40)30-45-53(63)47(32-66-54(36)45)52-49(15-10-21-64-3)68-55-42-17-16-38(60)28-44(42)50-31-46(55)56(52)69-51-29-39(61)18-20-57(51,58-2)19-7-8-22-65-50/h9,11-12,16-17,24-28,30-31,39-40,47,49,51-53,56,58-63H,4-6,10,13-15,18-23,29,32H2,1-3H3/t39-,47-,49+,51+,52-,53-,56+,57-/m1/s1. The fourth-order valence-electron chi connectivity index (χ4n) is 11.9. The van der Waals surface area contributed by atoms with E-state index in [0.29, 0.717) is 91.9 Å². The lowest BCUT2D eigenvalue weighted by molar-refractivity contribution is -0.166. The molecular weight excluding hydrogens is 875 g/mol. The molecule has 12 nitrogen and oxygen atoms in total. The molecule has 0 radical (unpaired) electrons. The first-order chi connectivity index (χ1) is 33.6. The van der Waals surface area contributed by atoms with E-state index in [4.69, 9.17) is 28.4 Å². The maximum Gasteiger partial charge on any atom is 0.149 e. The molecule has 364 valence electrons. The lowest BCUT2D eigenvalue weighted by Crippen LogP contribution is -2.59. The predicted molar refractivity (Wildman–Crippen MR) is 262 cm³/mol. The van der Waals surface area contributed by atoms with Crippen molar-refractivity contribution in [3.05, 3.63) is 101 Å². The van der Waals surface area contributed by atoms with Crippen LogP contribution in [0.2, 0.25) is 0 Å². The number of fused-ring (bicyclic) bond motifs is 6. The number of benzene rings is 5. The summed E-state index contributed by atoms with van der Waals surface area (Å²) in [5, 5.41) is 62.2. The van der Waals surface area contributed by atoms with E-state index >= 15 is 0 Å². The lowest BCUT2D eigenvalue weighted by atomic mass is 9.71. The van der Waals surface area contributed by atoms with Gasteiger partial charge in [-0.1, -0.05) is 30.9 Å². The maximum atomic E-state index is 13.2. The number of nitrogens with one attached hydrogen (secondary N) is 1. The number of hydrogen-bond acceptors (Lipinski definition) is 12.